The van der Waals surface area contributed by atoms with E-state index in [0.29, 0.717) is 17.9 Å². The predicted octanol–water partition coefficient (Wildman–Crippen LogP) is 3.55. The molecule has 0 saturated carbocycles. The molecule has 1 aliphatic rings. The molecule has 6 nitrogen and oxygen atoms in total. The van der Waals surface area contributed by atoms with E-state index in [1.165, 1.54) is 6.42 Å². The van der Waals surface area contributed by atoms with Crippen molar-refractivity contribution in [2.45, 2.75) is 110 Å². The van der Waals surface area contributed by atoms with Gasteiger partial charge in [0.1, 0.15) is 11.5 Å². The SMILES string of the molecule is CCCCCc1cc(OCOC)c([C@@H]2C=C([O-])CC[C@H]2C(C)(C)O[Si](CC)(CC)CC)c(OCOC)c1.[Br-].[Mg+2]. The van der Waals surface area contributed by atoms with Crippen LogP contribution in [0, 0.1) is 5.92 Å². The van der Waals surface area contributed by atoms with Gasteiger partial charge < -0.3 is 45.5 Å². The first-order chi connectivity index (χ1) is 17.7. The average molecular weight is 640 g/mol. The van der Waals surface area contributed by atoms with E-state index >= 15 is 0 Å². The maximum atomic E-state index is 12.8. The summed E-state index contributed by atoms with van der Waals surface area (Å²) in [5, 5.41) is 12.8. The molecule has 0 N–H and O–H groups in total. The minimum atomic E-state index is -1.88. The van der Waals surface area contributed by atoms with Crippen molar-refractivity contribution in [1.29, 1.82) is 0 Å². The average Bonchev–Trinajstić information content (AvgIpc) is 2.89. The maximum Gasteiger partial charge on any atom is 2.00 e. The van der Waals surface area contributed by atoms with Crippen molar-refractivity contribution in [2.75, 3.05) is 27.8 Å². The van der Waals surface area contributed by atoms with E-state index in [4.69, 9.17) is 23.4 Å². The van der Waals surface area contributed by atoms with Gasteiger partial charge in [0.15, 0.2) is 21.9 Å². The Balaban J connectivity index is 0.00000722. The molecule has 9 heteroatoms. The van der Waals surface area contributed by atoms with Gasteiger partial charge in [-0.3, -0.25) is 0 Å². The molecule has 0 unspecified atom stereocenters. The molecule has 0 saturated heterocycles. The largest absolute Gasteiger partial charge is 2.00 e. The van der Waals surface area contributed by atoms with E-state index < -0.39 is 13.9 Å². The van der Waals surface area contributed by atoms with Crippen molar-refractivity contribution >= 4 is 31.4 Å². The second kappa shape index (κ2) is 19.0. The molecule has 0 bridgehead atoms. The normalized spacial score (nSPS) is 17.6. The predicted molar refractivity (Wildman–Crippen MR) is 156 cm³/mol. The fourth-order valence-electron chi connectivity index (χ4n) is 5.73. The quantitative estimate of drug-likeness (QED) is 0.148. The first kappa shape index (κ1) is 38.7. The number of allylic oxidation sites excluding steroid dienone is 2. The van der Waals surface area contributed by atoms with Crippen LogP contribution >= 0.6 is 0 Å². The zero-order valence-electron chi connectivity index (χ0n) is 25.7. The molecule has 39 heavy (non-hydrogen) atoms. The molecule has 0 heterocycles. The van der Waals surface area contributed by atoms with Crippen molar-refractivity contribution in [3.05, 3.63) is 35.1 Å². The molecule has 0 aromatic heterocycles. The van der Waals surface area contributed by atoms with Crippen LogP contribution < -0.4 is 31.6 Å². The summed E-state index contributed by atoms with van der Waals surface area (Å²) in [5.74, 6) is 1.48. The molecule has 1 aromatic carbocycles. The van der Waals surface area contributed by atoms with Gasteiger partial charge in [0, 0.05) is 25.7 Å². The van der Waals surface area contributed by atoms with E-state index in [9.17, 15) is 5.11 Å². The summed E-state index contributed by atoms with van der Waals surface area (Å²) in [6.45, 7) is 13.6. The molecular formula is C30H51BrMgO6Si. The number of unbranched alkanes of at least 4 members (excludes halogenated alkanes) is 2. The molecule has 0 spiro atoms. The van der Waals surface area contributed by atoms with Gasteiger partial charge >= 0.3 is 23.1 Å². The number of hydrogen-bond acceptors (Lipinski definition) is 6. The smallest absolute Gasteiger partial charge is 1.00 e. The van der Waals surface area contributed by atoms with Crippen LogP contribution in [0.5, 0.6) is 11.5 Å². The fourth-order valence-corrected chi connectivity index (χ4v) is 8.93. The van der Waals surface area contributed by atoms with E-state index in [1.807, 2.05) is 6.08 Å². The van der Waals surface area contributed by atoms with Gasteiger partial charge in [-0.2, -0.15) is 0 Å². The van der Waals surface area contributed by atoms with Crippen LogP contribution in [0.1, 0.15) is 90.7 Å². The molecule has 220 valence electrons. The molecule has 0 fully saturated rings. The van der Waals surface area contributed by atoms with E-state index in [1.54, 1.807) is 14.2 Å². The summed E-state index contributed by atoms with van der Waals surface area (Å²) < 4.78 is 30.0. The Hall–Kier alpha value is -0.297. The van der Waals surface area contributed by atoms with Gasteiger partial charge in [-0.25, -0.2) is 0 Å². The topological polar surface area (TPSA) is 69.2 Å². The Kier molecular flexibility index (Phi) is 18.9. The van der Waals surface area contributed by atoms with Crippen LogP contribution in [-0.2, 0) is 20.3 Å². The minimum absolute atomic E-state index is 0. The number of halogens is 1. The summed E-state index contributed by atoms with van der Waals surface area (Å²) in [6.07, 6.45) is 7.53. The molecule has 1 aromatic rings. The molecule has 0 amide bonds. The number of hydrogen-bond donors (Lipinski definition) is 0. The second-order valence-corrected chi connectivity index (χ2v) is 15.5. The maximum absolute atomic E-state index is 12.8. The van der Waals surface area contributed by atoms with Crippen molar-refractivity contribution < 1.29 is 45.5 Å². The van der Waals surface area contributed by atoms with Crippen molar-refractivity contribution in [1.82, 2.24) is 0 Å². The van der Waals surface area contributed by atoms with Crippen LogP contribution in [0.3, 0.4) is 0 Å². The zero-order chi connectivity index (χ0) is 27.5. The molecule has 0 radical (unpaired) electrons. The second-order valence-electron chi connectivity index (χ2n) is 10.8. The summed E-state index contributed by atoms with van der Waals surface area (Å²) in [7, 11) is 1.35. The number of ether oxygens (including phenoxy) is 4. The van der Waals surface area contributed by atoms with Crippen molar-refractivity contribution in [2.24, 2.45) is 5.92 Å². The van der Waals surface area contributed by atoms with Crippen LogP contribution in [-0.4, -0.2) is 64.8 Å². The first-order valence-electron chi connectivity index (χ1n) is 14.2. The van der Waals surface area contributed by atoms with Crippen molar-refractivity contribution in [3.8, 4) is 11.5 Å². The summed E-state index contributed by atoms with van der Waals surface area (Å²) in [6, 6.07) is 7.45. The Bertz CT molecular complexity index is 825. The van der Waals surface area contributed by atoms with E-state index in [-0.39, 0.29) is 71.2 Å². The van der Waals surface area contributed by atoms with Gasteiger partial charge in [-0.1, -0.05) is 46.6 Å². The summed E-state index contributed by atoms with van der Waals surface area (Å²) in [5.41, 5.74) is 1.63. The first-order valence-corrected chi connectivity index (χ1v) is 16.7. The molecule has 2 rings (SSSR count). The Morgan fingerprint density at radius 2 is 1.46 bits per heavy atom. The van der Waals surface area contributed by atoms with Gasteiger partial charge in [0.2, 0.25) is 0 Å². The fraction of sp³-hybridized carbons (Fsp3) is 0.733. The van der Waals surface area contributed by atoms with Gasteiger partial charge in [0.05, 0.1) is 5.60 Å². The third-order valence-corrected chi connectivity index (χ3v) is 12.9. The standard InChI is InChI=1S/C30H52O6Si.BrH.Mg/c1-9-13-14-15-23-18-27(34-21-32-7)29(28(19-23)35-22-33-8)25-20-24(31)16-17-26(25)30(5,6)36-37(10-2,11-3)12-4;;/h18-20,25-26,31H,9-17,21-22H2,1-8H3;1H;/q;;+2/p-2/t25-,26-;;/m1../s1. The van der Waals surface area contributed by atoms with Crippen LogP contribution in [0.4, 0.5) is 0 Å². The third-order valence-electron chi connectivity index (χ3n) is 8.04. The molecule has 0 aliphatic heterocycles. The van der Waals surface area contributed by atoms with Gasteiger partial charge in [-0.05, 0) is 81.3 Å². The van der Waals surface area contributed by atoms with Gasteiger partial charge in [0.25, 0.3) is 0 Å². The Morgan fingerprint density at radius 3 is 1.92 bits per heavy atom. The monoisotopic (exact) mass is 638 g/mol. The van der Waals surface area contributed by atoms with Gasteiger partial charge in [-0.15, -0.1) is 5.76 Å². The van der Waals surface area contributed by atoms with Crippen LogP contribution in [0.25, 0.3) is 0 Å². The van der Waals surface area contributed by atoms with E-state index in [2.05, 4.69) is 53.7 Å². The van der Waals surface area contributed by atoms with Crippen molar-refractivity contribution in [3.63, 3.8) is 0 Å². The Morgan fingerprint density at radius 1 is 0.923 bits per heavy atom. The number of benzene rings is 1. The van der Waals surface area contributed by atoms with Crippen LogP contribution in [0.2, 0.25) is 18.1 Å². The number of aryl methyl sites for hydroxylation is 1. The molecular weight excluding hydrogens is 589 g/mol. The molecule has 1 aliphatic carbocycles. The van der Waals surface area contributed by atoms with E-state index in [0.717, 1.165) is 54.9 Å². The summed E-state index contributed by atoms with van der Waals surface area (Å²) in [4.78, 5) is 0. The van der Waals surface area contributed by atoms with Crippen LogP contribution in [0.15, 0.2) is 24.0 Å². The number of methoxy groups -OCH3 is 2. The zero-order valence-corrected chi connectivity index (χ0v) is 29.7. The molecule has 2 atom stereocenters. The summed E-state index contributed by atoms with van der Waals surface area (Å²) >= 11 is 0. The number of rotatable bonds is 17. The minimum Gasteiger partial charge on any atom is -1.00 e. The Labute approximate surface area is 265 Å². The third kappa shape index (κ3) is 10.8.